The lowest BCUT2D eigenvalue weighted by atomic mass is 10.2. The van der Waals surface area contributed by atoms with Crippen molar-refractivity contribution in [1.82, 2.24) is 0 Å². The summed E-state index contributed by atoms with van der Waals surface area (Å²) in [7, 11) is -2.85. The third kappa shape index (κ3) is 4.53. The van der Waals surface area contributed by atoms with Crippen LogP contribution in [0.25, 0.3) is 0 Å². The molecule has 3 N–H and O–H groups in total. The van der Waals surface area contributed by atoms with Crippen LogP contribution in [-0.2, 0) is 9.84 Å². The number of anilines is 2. The average Bonchev–Trinajstić information content (AvgIpc) is 2.17. The number of aryl methyl sites for hydroxylation is 1. The Balaban J connectivity index is 2.41. The van der Waals surface area contributed by atoms with Crippen LogP contribution < -0.4 is 11.1 Å². The zero-order valence-electron chi connectivity index (χ0n) is 9.66. The molecule has 90 valence electrons. The van der Waals surface area contributed by atoms with Crippen molar-refractivity contribution in [2.24, 2.45) is 0 Å². The standard InChI is InChI=1S/C11H18N2O2S/c1-9-8-10(4-5-11(9)12)13-6-3-7-16(2,14)15/h4-5,8,13H,3,6-7,12H2,1-2H3. The minimum atomic E-state index is -2.85. The van der Waals surface area contributed by atoms with Crippen LogP contribution in [0.3, 0.4) is 0 Å². The molecule has 0 saturated carbocycles. The van der Waals surface area contributed by atoms with Gasteiger partial charge in [0.05, 0.1) is 5.75 Å². The summed E-state index contributed by atoms with van der Waals surface area (Å²) in [6.07, 6.45) is 1.86. The Morgan fingerprint density at radius 1 is 1.38 bits per heavy atom. The summed E-state index contributed by atoms with van der Waals surface area (Å²) < 4.78 is 21.8. The molecule has 0 aromatic heterocycles. The van der Waals surface area contributed by atoms with Gasteiger partial charge in [0.1, 0.15) is 9.84 Å². The molecule has 1 aromatic carbocycles. The van der Waals surface area contributed by atoms with E-state index in [0.29, 0.717) is 13.0 Å². The zero-order chi connectivity index (χ0) is 12.2. The van der Waals surface area contributed by atoms with Crippen LogP contribution in [0, 0.1) is 6.92 Å². The summed E-state index contributed by atoms with van der Waals surface area (Å²) in [6.45, 7) is 2.59. The van der Waals surface area contributed by atoms with E-state index in [-0.39, 0.29) is 5.75 Å². The molecule has 0 unspecified atom stereocenters. The van der Waals surface area contributed by atoms with Gasteiger partial charge in [-0.05, 0) is 37.1 Å². The van der Waals surface area contributed by atoms with E-state index in [1.807, 2.05) is 25.1 Å². The van der Waals surface area contributed by atoms with Gasteiger partial charge in [0, 0.05) is 24.2 Å². The maximum absolute atomic E-state index is 10.9. The summed E-state index contributed by atoms with van der Waals surface area (Å²) in [4.78, 5) is 0. The van der Waals surface area contributed by atoms with E-state index in [1.165, 1.54) is 6.26 Å². The van der Waals surface area contributed by atoms with E-state index in [4.69, 9.17) is 5.73 Å². The molecule has 0 aliphatic heterocycles. The van der Waals surface area contributed by atoms with Crippen molar-refractivity contribution in [3.8, 4) is 0 Å². The van der Waals surface area contributed by atoms with Crippen LogP contribution in [0.4, 0.5) is 11.4 Å². The molecule has 0 bridgehead atoms. The first kappa shape index (κ1) is 12.8. The van der Waals surface area contributed by atoms with Gasteiger partial charge in [-0.15, -0.1) is 0 Å². The van der Waals surface area contributed by atoms with Gasteiger partial charge in [-0.2, -0.15) is 0 Å². The first-order chi connectivity index (χ1) is 7.38. The molecule has 4 nitrogen and oxygen atoms in total. The van der Waals surface area contributed by atoms with Gasteiger partial charge in [-0.1, -0.05) is 0 Å². The number of hydrogen-bond donors (Lipinski definition) is 2. The molecule has 0 radical (unpaired) electrons. The fraction of sp³-hybridized carbons (Fsp3) is 0.455. The molecule has 0 heterocycles. The number of hydrogen-bond acceptors (Lipinski definition) is 4. The molecule has 1 aromatic rings. The highest BCUT2D eigenvalue weighted by molar-refractivity contribution is 7.90. The molecule has 0 aliphatic rings. The third-order valence-electron chi connectivity index (χ3n) is 2.29. The number of benzene rings is 1. The van der Waals surface area contributed by atoms with Gasteiger partial charge in [-0.3, -0.25) is 0 Å². The highest BCUT2D eigenvalue weighted by Crippen LogP contribution is 2.16. The minimum absolute atomic E-state index is 0.216. The van der Waals surface area contributed by atoms with E-state index < -0.39 is 9.84 Å². The van der Waals surface area contributed by atoms with Gasteiger partial charge in [-0.25, -0.2) is 8.42 Å². The van der Waals surface area contributed by atoms with Gasteiger partial charge >= 0.3 is 0 Å². The SMILES string of the molecule is Cc1cc(NCCCS(C)(=O)=O)ccc1N. The fourth-order valence-electron chi connectivity index (χ4n) is 1.35. The quantitative estimate of drug-likeness (QED) is 0.605. The zero-order valence-corrected chi connectivity index (χ0v) is 10.5. The van der Waals surface area contributed by atoms with Gasteiger partial charge in [0.2, 0.25) is 0 Å². The lowest BCUT2D eigenvalue weighted by molar-refractivity contribution is 0.600. The lowest BCUT2D eigenvalue weighted by Crippen LogP contribution is -2.09. The summed E-state index contributed by atoms with van der Waals surface area (Å²) in [5.41, 5.74) is 8.45. The van der Waals surface area contributed by atoms with Crippen molar-refractivity contribution >= 4 is 21.2 Å². The number of nitrogens with two attached hydrogens (primary N) is 1. The Morgan fingerprint density at radius 2 is 2.06 bits per heavy atom. The molecule has 16 heavy (non-hydrogen) atoms. The van der Waals surface area contributed by atoms with Crippen LogP contribution >= 0.6 is 0 Å². The van der Waals surface area contributed by atoms with E-state index in [9.17, 15) is 8.42 Å². The Hall–Kier alpha value is -1.23. The van der Waals surface area contributed by atoms with Crippen molar-refractivity contribution in [3.63, 3.8) is 0 Å². The number of sulfone groups is 1. The molecule has 0 atom stereocenters. The van der Waals surface area contributed by atoms with Crippen molar-refractivity contribution < 1.29 is 8.42 Å². The van der Waals surface area contributed by atoms with Crippen LogP contribution in [0.1, 0.15) is 12.0 Å². The largest absolute Gasteiger partial charge is 0.399 e. The van der Waals surface area contributed by atoms with Gasteiger partial charge < -0.3 is 11.1 Å². The van der Waals surface area contributed by atoms with E-state index >= 15 is 0 Å². The first-order valence-corrected chi connectivity index (χ1v) is 7.22. The van der Waals surface area contributed by atoms with Crippen molar-refractivity contribution in [3.05, 3.63) is 23.8 Å². The van der Waals surface area contributed by atoms with Crippen LogP contribution in [0.2, 0.25) is 0 Å². The molecule has 0 amide bonds. The van der Waals surface area contributed by atoms with E-state index in [2.05, 4.69) is 5.32 Å². The Morgan fingerprint density at radius 3 is 2.62 bits per heavy atom. The summed E-state index contributed by atoms with van der Waals surface area (Å²) in [5, 5.41) is 3.17. The maximum atomic E-state index is 10.9. The van der Waals surface area contributed by atoms with Crippen molar-refractivity contribution in [1.29, 1.82) is 0 Å². The summed E-state index contributed by atoms with van der Waals surface area (Å²) in [6, 6.07) is 5.69. The molecule has 0 fully saturated rings. The van der Waals surface area contributed by atoms with Crippen LogP contribution in [0.5, 0.6) is 0 Å². The minimum Gasteiger partial charge on any atom is -0.399 e. The highest BCUT2D eigenvalue weighted by atomic mass is 32.2. The molecular weight excluding hydrogens is 224 g/mol. The van der Waals surface area contributed by atoms with Crippen molar-refractivity contribution in [2.45, 2.75) is 13.3 Å². The molecule has 0 spiro atoms. The van der Waals surface area contributed by atoms with E-state index in [0.717, 1.165) is 16.9 Å². The summed E-state index contributed by atoms with van der Waals surface area (Å²) >= 11 is 0. The third-order valence-corrected chi connectivity index (χ3v) is 3.32. The number of nitrogens with one attached hydrogen (secondary N) is 1. The average molecular weight is 242 g/mol. The topological polar surface area (TPSA) is 72.2 Å². The second-order valence-electron chi connectivity index (χ2n) is 3.98. The Labute approximate surface area is 96.8 Å². The normalized spacial score (nSPS) is 11.4. The van der Waals surface area contributed by atoms with E-state index in [1.54, 1.807) is 0 Å². The van der Waals surface area contributed by atoms with Crippen molar-refractivity contribution in [2.75, 3.05) is 29.6 Å². The van der Waals surface area contributed by atoms with Crippen LogP contribution in [0.15, 0.2) is 18.2 Å². The monoisotopic (exact) mass is 242 g/mol. The smallest absolute Gasteiger partial charge is 0.147 e. The Kier molecular flexibility index (Phi) is 4.18. The predicted octanol–water partition coefficient (Wildman–Crippen LogP) is 1.42. The molecule has 0 saturated heterocycles. The molecule has 1 rings (SSSR count). The number of nitrogen functional groups attached to an aromatic ring is 1. The maximum Gasteiger partial charge on any atom is 0.147 e. The van der Waals surface area contributed by atoms with Gasteiger partial charge in [0.15, 0.2) is 0 Å². The molecule has 5 heteroatoms. The first-order valence-electron chi connectivity index (χ1n) is 5.16. The predicted molar refractivity (Wildman–Crippen MR) is 68.4 cm³/mol. The second-order valence-corrected chi connectivity index (χ2v) is 6.24. The fourth-order valence-corrected chi connectivity index (χ4v) is 2.02. The van der Waals surface area contributed by atoms with Gasteiger partial charge in [0.25, 0.3) is 0 Å². The molecular formula is C11H18N2O2S. The molecule has 0 aliphatic carbocycles. The Bertz CT molecular complexity index is 455. The van der Waals surface area contributed by atoms with Crippen LogP contribution in [-0.4, -0.2) is 27.0 Å². The second kappa shape index (κ2) is 5.21. The number of rotatable bonds is 5. The lowest BCUT2D eigenvalue weighted by Gasteiger charge is -2.08. The summed E-state index contributed by atoms with van der Waals surface area (Å²) in [5.74, 6) is 0.216. The highest BCUT2D eigenvalue weighted by Gasteiger charge is 2.01.